The molecule has 37 heavy (non-hydrogen) atoms. The number of rotatable bonds is 7. The molecule has 10 nitrogen and oxygen atoms in total. The van der Waals surface area contributed by atoms with E-state index < -0.39 is 11.7 Å². The molecule has 1 fully saturated rings. The van der Waals surface area contributed by atoms with Crippen molar-refractivity contribution in [3.63, 3.8) is 0 Å². The Hall–Kier alpha value is -3.37. The van der Waals surface area contributed by atoms with Crippen LogP contribution in [0.1, 0.15) is 38.3 Å². The zero-order valence-electron chi connectivity index (χ0n) is 22.2. The van der Waals surface area contributed by atoms with E-state index >= 15 is 0 Å². The van der Waals surface area contributed by atoms with Crippen LogP contribution in [0.4, 0.5) is 4.79 Å². The van der Waals surface area contributed by atoms with E-state index in [4.69, 9.17) is 0 Å². The number of likely N-dealkylation sites (tertiary alicyclic amines) is 1. The number of nitrogens with zero attached hydrogens (tertiary/aromatic N) is 3. The molecule has 0 radical (unpaired) electrons. The Labute approximate surface area is 219 Å². The maximum Gasteiger partial charge on any atom is 0.318 e. The first kappa shape index (κ1) is 26.7. The minimum absolute atomic E-state index is 0.106. The fraction of sp³-hybridized carbons (Fsp3) is 0.519. The van der Waals surface area contributed by atoms with Crippen molar-refractivity contribution in [2.75, 3.05) is 40.3 Å². The van der Waals surface area contributed by atoms with Crippen molar-refractivity contribution in [3.8, 4) is 0 Å². The molecule has 3 atom stereocenters. The average molecular weight is 510 g/mol. The van der Waals surface area contributed by atoms with Crippen molar-refractivity contribution in [2.45, 2.75) is 44.4 Å². The number of hydrogen-bond donors (Lipinski definition) is 4. The van der Waals surface area contributed by atoms with Gasteiger partial charge in [-0.2, -0.15) is 0 Å². The summed E-state index contributed by atoms with van der Waals surface area (Å²) in [6, 6.07) is 9.63. The molecule has 3 heterocycles. The molecule has 1 aromatic carbocycles. The van der Waals surface area contributed by atoms with Crippen LogP contribution in [0, 0.1) is 5.92 Å². The molecule has 0 saturated carbocycles. The van der Waals surface area contributed by atoms with E-state index in [-0.39, 0.29) is 29.8 Å². The number of hydrogen-bond acceptors (Lipinski definition) is 6. The van der Waals surface area contributed by atoms with Crippen molar-refractivity contribution in [1.29, 1.82) is 0 Å². The number of carbonyl (C=O) groups is 3. The second-order valence-corrected chi connectivity index (χ2v) is 10.8. The Balaban J connectivity index is 1.42. The number of amides is 4. The highest BCUT2D eigenvalue weighted by atomic mass is 16.2. The SMILES string of the molecule is C=CC(=O)N1CCC[C@H](C(=O)NC2NNC3=C2CN(C(=O)N[C@H](CN(C)C)c2ccccc2)C3(C)C)C1. The van der Waals surface area contributed by atoms with Crippen molar-refractivity contribution in [1.82, 2.24) is 36.2 Å². The normalized spacial score (nSPS) is 23.4. The number of hydrazine groups is 1. The van der Waals surface area contributed by atoms with Gasteiger partial charge in [0.1, 0.15) is 6.17 Å². The van der Waals surface area contributed by atoms with Crippen molar-refractivity contribution < 1.29 is 14.4 Å². The lowest BCUT2D eigenvalue weighted by molar-refractivity contribution is -0.132. The Morgan fingerprint density at radius 2 is 1.97 bits per heavy atom. The second kappa shape index (κ2) is 10.9. The summed E-state index contributed by atoms with van der Waals surface area (Å²) in [5, 5.41) is 6.31. The highest BCUT2D eigenvalue weighted by Crippen LogP contribution is 2.36. The Bertz CT molecular complexity index is 1070. The van der Waals surface area contributed by atoms with Crippen LogP contribution in [0.15, 0.2) is 54.3 Å². The van der Waals surface area contributed by atoms with Gasteiger partial charge in [0.05, 0.1) is 23.2 Å². The Morgan fingerprint density at radius 3 is 2.65 bits per heavy atom. The third kappa shape index (κ3) is 5.65. The zero-order valence-corrected chi connectivity index (χ0v) is 22.2. The van der Waals surface area contributed by atoms with Gasteiger partial charge in [-0.05, 0) is 52.4 Å². The van der Waals surface area contributed by atoms with Gasteiger partial charge >= 0.3 is 6.03 Å². The van der Waals surface area contributed by atoms with Gasteiger partial charge in [-0.25, -0.2) is 10.2 Å². The molecule has 10 heteroatoms. The summed E-state index contributed by atoms with van der Waals surface area (Å²) in [7, 11) is 3.97. The summed E-state index contributed by atoms with van der Waals surface area (Å²) in [5.41, 5.74) is 8.66. The average Bonchev–Trinajstić information content (AvgIpc) is 3.41. The maximum atomic E-state index is 13.6. The maximum absolute atomic E-state index is 13.6. The summed E-state index contributed by atoms with van der Waals surface area (Å²) < 4.78 is 0. The molecule has 0 aromatic heterocycles. The molecule has 4 rings (SSSR count). The van der Waals surface area contributed by atoms with Crippen molar-refractivity contribution in [2.24, 2.45) is 5.92 Å². The van der Waals surface area contributed by atoms with Gasteiger partial charge in [0.25, 0.3) is 0 Å². The lowest BCUT2D eigenvalue weighted by Gasteiger charge is -2.37. The quantitative estimate of drug-likeness (QED) is 0.413. The number of carbonyl (C=O) groups excluding carboxylic acids is 3. The molecule has 0 aliphatic carbocycles. The molecular formula is C27H39N7O3. The van der Waals surface area contributed by atoms with E-state index in [1.807, 2.05) is 58.3 Å². The van der Waals surface area contributed by atoms with E-state index in [0.29, 0.717) is 26.2 Å². The van der Waals surface area contributed by atoms with Crippen LogP contribution in [0.2, 0.25) is 0 Å². The molecule has 3 aliphatic rings. The predicted molar refractivity (Wildman–Crippen MR) is 142 cm³/mol. The van der Waals surface area contributed by atoms with Crippen LogP contribution in [0.25, 0.3) is 0 Å². The number of piperidine rings is 1. The van der Waals surface area contributed by atoms with Gasteiger partial charge in [0, 0.05) is 31.8 Å². The van der Waals surface area contributed by atoms with E-state index in [9.17, 15) is 14.4 Å². The van der Waals surface area contributed by atoms with Gasteiger partial charge in [-0.15, -0.1) is 0 Å². The third-order valence-electron chi connectivity index (χ3n) is 7.48. The van der Waals surface area contributed by atoms with Gasteiger partial charge in [-0.1, -0.05) is 36.9 Å². The van der Waals surface area contributed by atoms with Crippen LogP contribution in [-0.2, 0) is 9.59 Å². The molecule has 1 saturated heterocycles. The highest BCUT2D eigenvalue weighted by Gasteiger charge is 2.48. The molecule has 0 bridgehead atoms. The summed E-state index contributed by atoms with van der Waals surface area (Å²) in [5.74, 6) is -0.536. The Kier molecular flexibility index (Phi) is 7.89. The van der Waals surface area contributed by atoms with E-state index in [2.05, 4.69) is 33.0 Å². The topological polar surface area (TPSA) is 109 Å². The highest BCUT2D eigenvalue weighted by molar-refractivity contribution is 5.88. The standard InChI is InChI=1S/C27H39N7O3/c1-6-22(35)33-14-10-13-19(15-33)25(36)29-24-20-16-34(27(2,3)23(20)30-31-24)26(37)28-21(17-32(4)5)18-11-8-7-9-12-18/h6-9,11-12,19,21,24,30-31H,1,10,13-17H2,2-5H3,(H,28,37)(H,29,36)/t19-,21+,24?/m0/s1. The molecule has 4 amide bonds. The molecule has 1 aromatic rings. The summed E-state index contributed by atoms with van der Waals surface area (Å²) >= 11 is 0. The number of likely N-dealkylation sites (N-methyl/N-ethyl adjacent to an activating group) is 1. The van der Waals surface area contributed by atoms with Gasteiger partial charge in [-0.3, -0.25) is 9.59 Å². The van der Waals surface area contributed by atoms with E-state index in [1.54, 1.807) is 9.80 Å². The summed E-state index contributed by atoms with van der Waals surface area (Å²) in [6.07, 6.45) is 2.36. The van der Waals surface area contributed by atoms with Gasteiger partial charge in [0.2, 0.25) is 11.8 Å². The first-order valence-corrected chi connectivity index (χ1v) is 12.9. The van der Waals surface area contributed by atoms with Crippen molar-refractivity contribution in [3.05, 3.63) is 59.8 Å². The molecule has 3 aliphatic heterocycles. The third-order valence-corrected chi connectivity index (χ3v) is 7.48. The predicted octanol–water partition coefficient (Wildman–Crippen LogP) is 1.32. The van der Waals surface area contributed by atoms with E-state index in [0.717, 1.165) is 29.7 Å². The number of benzene rings is 1. The van der Waals surface area contributed by atoms with Gasteiger partial charge < -0.3 is 30.8 Å². The fourth-order valence-corrected chi connectivity index (χ4v) is 5.42. The molecule has 1 unspecified atom stereocenters. The van der Waals surface area contributed by atoms with Crippen LogP contribution in [-0.4, -0.2) is 84.5 Å². The molecule has 4 N–H and O–H groups in total. The number of urea groups is 1. The van der Waals surface area contributed by atoms with Crippen molar-refractivity contribution >= 4 is 17.8 Å². The zero-order chi connectivity index (χ0) is 26.7. The lowest BCUT2D eigenvalue weighted by atomic mass is 9.96. The van der Waals surface area contributed by atoms with Crippen LogP contribution >= 0.6 is 0 Å². The monoisotopic (exact) mass is 509 g/mol. The minimum atomic E-state index is -0.594. The van der Waals surface area contributed by atoms with Crippen LogP contribution in [0.3, 0.4) is 0 Å². The van der Waals surface area contributed by atoms with Gasteiger partial charge in [0.15, 0.2) is 0 Å². The lowest BCUT2D eigenvalue weighted by Crippen LogP contribution is -2.57. The summed E-state index contributed by atoms with van der Waals surface area (Å²) in [4.78, 5) is 44.2. The van der Waals surface area contributed by atoms with E-state index in [1.165, 1.54) is 6.08 Å². The largest absolute Gasteiger partial charge is 0.338 e. The smallest absolute Gasteiger partial charge is 0.318 e. The first-order valence-electron chi connectivity index (χ1n) is 12.9. The van der Waals surface area contributed by atoms with Crippen LogP contribution < -0.4 is 21.5 Å². The fourth-order valence-electron chi connectivity index (χ4n) is 5.42. The Morgan fingerprint density at radius 1 is 1.24 bits per heavy atom. The summed E-state index contributed by atoms with van der Waals surface area (Å²) in [6.45, 7) is 9.63. The number of nitrogens with one attached hydrogen (secondary N) is 4. The first-order chi connectivity index (χ1) is 17.6. The molecular weight excluding hydrogens is 470 g/mol. The molecule has 200 valence electrons. The van der Waals surface area contributed by atoms with Crippen LogP contribution in [0.5, 0.6) is 0 Å². The minimum Gasteiger partial charge on any atom is -0.338 e. The second-order valence-electron chi connectivity index (χ2n) is 10.8. The molecule has 0 spiro atoms.